The quantitative estimate of drug-likeness (QED) is 0.845. The van der Waals surface area contributed by atoms with Crippen molar-refractivity contribution in [2.45, 2.75) is 18.9 Å². The lowest BCUT2D eigenvalue weighted by molar-refractivity contribution is 0.0907. The summed E-state index contributed by atoms with van der Waals surface area (Å²) < 4.78 is 0.686. The lowest BCUT2D eigenvalue weighted by Crippen LogP contribution is -2.46. The highest BCUT2D eigenvalue weighted by Crippen LogP contribution is 2.10. The van der Waals surface area contributed by atoms with Crippen LogP contribution in [0.25, 0.3) is 0 Å². The summed E-state index contributed by atoms with van der Waals surface area (Å²) in [6, 6.07) is 5.60. The minimum atomic E-state index is -0.0911. The van der Waals surface area contributed by atoms with Crippen molar-refractivity contribution in [3.05, 3.63) is 28.5 Å². The molecule has 0 bridgehead atoms. The Labute approximate surface area is 110 Å². The molecule has 1 N–H and O–H groups in total. The predicted octanol–water partition coefficient (Wildman–Crippen LogP) is 1.67. The van der Waals surface area contributed by atoms with Gasteiger partial charge in [-0.25, -0.2) is 4.98 Å². The average molecular weight is 298 g/mol. The first kappa shape index (κ1) is 12.5. The fraction of sp³-hybridized carbons (Fsp3) is 0.500. The van der Waals surface area contributed by atoms with Gasteiger partial charge in [-0.15, -0.1) is 0 Å². The number of nitrogens with one attached hydrogen (secondary N) is 1. The first-order chi connectivity index (χ1) is 8.15. The zero-order valence-electron chi connectivity index (χ0n) is 9.82. The van der Waals surface area contributed by atoms with Crippen molar-refractivity contribution in [3.63, 3.8) is 0 Å². The smallest absolute Gasteiger partial charge is 0.270 e. The maximum absolute atomic E-state index is 12.0. The fourth-order valence-corrected chi connectivity index (χ4v) is 2.42. The maximum atomic E-state index is 12.0. The molecule has 0 aliphatic carbocycles. The van der Waals surface area contributed by atoms with Crippen LogP contribution in [0.1, 0.15) is 23.3 Å². The molecule has 1 unspecified atom stereocenters. The number of amides is 1. The van der Waals surface area contributed by atoms with Gasteiger partial charge in [0.25, 0.3) is 5.91 Å². The highest BCUT2D eigenvalue weighted by molar-refractivity contribution is 9.10. The van der Waals surface area contributed by atoms with Crippen molar-refractivity contribution in [1.29, 1.82) is 0 Å². The van der Waals surface area contributed by atoms with E-state index in [1.165, 1.54) is 0 Å². The van der Waals surface area contributed by atoms with Gasteiger partial charge in [-0.1, -0.05) is 6.07 Å². The molecule has 17 heavy (non-hydrogen) atoms. The van der Waals surface area contributed by atoms with E-state index < -0.39 is 0 Å². The first-order valence-corrected chi connectivity index (χ1v) is 6.56. The van der Waals surface area contributed by atoms with Gasteiger partial charge in [0, 0.05) is 12.6 Å². The molecule has 2 rings (SSSR count). The number of likely N-dealkylation sites (N-methyl/N-ethyl adjacent to an activating group) is 1. The number of likely N-dealkylation sites (tertiary alicyclic amines) is 1. The number of piperidine rings is 1. The molecule has 1 aromatic rings. The molecule has 0 aromatic carbocycles. The van der Waals surface area contributed by atoms with Gasteiger partial charge in [0.15, 0.2) is 0 Å². The zero-order chi connectivity index (χ0) is 12.3. The Bertz CT molecular complexity index is 410. The minimum absolute atomic E-state index is 0.0911. The van der Waals surface area contributed by atoms with E-state index >= 15 is 0 Å². The van der Waals surface area contributed by atoms with Crippen LogP contribution in [0.5, 0.6) is 0 Å². The molecule has 5 heteroatoms. The van der Waals surface area contributed by atoms with Gasteiger partial charge in [0.2, 0.25) is 0 Å². The molecule has 1 aromatic heterocycles. The van der Waals surface area contributed by atoms with E-state index in [0.29, 0.717) is 10.3 Å². The molecule has 2 heterocycles. The maximum Gasteiger partial charge on any atom is 0.270 e. The van der Waals surface area contributed by atoms with Crippen LogP contribution >= 0.6 is 15.9 Å². The molecule has 1 saturated heterocycles. The molecule has 4 nitrogen and oxygen atoms in total. The third-order valence-corrected chi connectivity index (χ3v) is 3.35. The second-order valence-electron chi connectivity index (χ2n) is 4.42. The highest BCUT2D eigenvalue weighted by atomic mass is 79.9. The second-order valence-corrected chi connectivity index (χ2v) is 5.23. The van der Waals surface area contributed by atoms with Gasteiger partial charge >= 0.3 is 0 Å². The van der Waals surface area contributed by atoms with Gasteiger partial charge in [0.1, 0.15) is 10.3 Å². The Morgan fingerprint density at radius 3 is 3.12 bits per heavy atom. The Balaban J connectivity index is 1.97. The van der Waals surface area contributed by atoms with Crippen molar-refractivity contribution >= 4 is 21.8 Å². The van der Waals surface area contributed by atoms with E-state index in [0.717, 1.165) is 25.9 Å². The van der Waals surface area contributed by atoms with Crippen molar-refractivity contribution in [1.82, 2.24) is 15.2 Å². The summed E-state index contributed by atoms with van der Waals surface area (Å²) in [5, 5.41) is 3.03. The first-order valence-electron chi connectivity index (χ1n) is 5.77. The van der Waals surface area contributed by atoms with Gasteiger partial charge in [-0.3, -0.25) is 4.79 Å². The van der Waals surface area contributed by atoms with Crippen LogP contribution in [0.15, 0.2) is 22.8 Å². The summed E-state index contributed by atoms with van der Waals surface area (Å²) in [6.07, 6.45) is 2.18. The Morgan fingerprint density at radius 2 is 2.41 bits per heavy atom. The van der Waals surface area contributed by atoms with E-state index in [9.17, 15) is 4.79 Å². The van der Waals surface area contributed by atoms with E-state index in [1.54, 1.807) is 6.07 Å². The van der Waals surface area contributed by atoms with Crippen molar-refractivity contribution in [2.24, 2.45) is 0 Å². The van der Waals surface area contributed by atoms with E-state index in [-0.39, 0.29) is 11.9 Å². The van der Waals surface area contributed by atoms with E-state index in [2.05, 4.69) is 38.2 Å². The minimum Gasteiger partial charge on any atom is -0.347 e. The summed E-state index contributed by atoms with van der Waals surface area (Å²) >= 11 is 3.27. The number of nitrogens with zero attached hydrogens (tertiary/aromatic N) is 2. The summed E-state index contributed by atoms with van der Waals surface area (Å²) in [4.78, 5) is 18.3. The number of aromatic nitrogens is 1. The van der Waals surface area contributed by atoms with Gasteiger partial charge in [-0.2, -0.15) is 0 Å². The molecule has 1 amide bonds. The third-order valence-electron chi connectivity index (χ3n) is 2.91. The van der Waals surface area contributed by atoms with Crippen LogP contribution in [-0.2, 0) is 0 Å². The van der Waals surface area contributed by atoms with Crippen LogP contribution in [0, 0.1) is 0 Å². The molecule has 0 radical (unpaired) electrons. The van der Waals surface area contributed by atoms with E-state index in [1.807, 2.05) is 12.1 Å². The molecule has 1 aliphatic rings. The number of hydrogen-bond donors (Lipinski definition) is 1. The van der Waals surface area contributed by atoms with Crippen LogP contribution in [-0.4, -0.2) is 42.0 Å². The van der Waals surface area contributed by atoms with Crippen LogP contribution in [0.3, 0.4) is 0 Å². The average Bonchev–Trinajstić information content (AvgIpc) is 2.29. The second kappa shape index (κ2) is 5.60. The Morgan fingerprint density at radius 1 is 1.59 bits per heavy atom. The van der Waals surface area contributed by atoms with Crippen LogP contribution in [0.2, 0.25) is 0 Å². The standard InChI is InChI=1S/C12H16BrN3O/c1-16-7-3-4-9(8-16)14-12(17)10-5-2-6-11(13)15-10/h2,5-6,9H,3-4,7-8H2,1H3,(H,14,17). The summed E-state index contributed by atoms with van der Waals surface area (Å²) in [5.74, 6) is -0.0911. The number of hydrogen-bond acceptors (Lipinski definition) is 3. The molecule has 1 fully saturated rings. The molecule has 92 valence electrons. The van der Waals surface area contributed by atoms with Gasteiger partial charge in [0.05, 0.1) is 0 Å². The number of rotatable bonds is 2. The number of carbonyl (C=O) groups excluding carboxylic acids is 1. The predicted molar refractivity (Wildman–Crippen MR) is 69.9 cm³/mol. The van der Waals surface area contributed by atoms with Crippen molar-refractivity contribution in [2.75, 3.05) is 20.1 Å². The Kier molecular flexibility index (Phi) is 4.12. The lowest BCUT2D eigenvalue weighted by atomic mass is 10.1. The summed E-state index contributed by atoms with van der Waals surface area (Å²) in [7, 11) is 2.08. The third kappa shape index (κ3) is 3.51. The largest absolute Gasteiger partial charge is 0.347 e. The molecule has 0 saturated carbocycles. The fourth-order valence-electron chi connectivity index (χ4n) is 2.08. The van der Waals surface area contributed by atoms with E-state index in [4.69, 9.17) is 0 Å². The van der Waals surface area contributed by atoms with Crippen LogP contribution < -0.4 is 5.32 Å². The monoisotopic (exact) mass is 297 g/mol. The summed E-state index contributed by atoms with van der Waals surface area (Å²) in [5.41, 5.74) is 0.465. The molecule has 0 spiro atoms. The van der Waals surface area contributed by atoms with Crippen molar-refractivity contribution < 1.29 is 4.79 Å². The van der Waals surface area contributed by atoms with Gasteiger partial charge in [-0.05, 0) is 54.5 Å². The number of pyridine rings is 1. The zero-order valence-corrected chi connectivity index (χ0v) is 11.4. The Hall–Kier alpha value is -0.940. The van der Waals surface area contributed by atoms with Crippen molar-refractivity contribution in [3.8, 4) is 0 Å². The topological polar surface area (TPSA) is 45.2 Å². The molecular weight excluding hydrogens is 282 g/mol. The van der Waals surface area contributed by atoms with Crippen LogP contribution in [0.4, 0.5) is 0 Å². The summed E-state index contributed by atoms with van der Waals surface area (Å²) in [6.45, 7) is 2.03. The lowest BCUT2D eigenvalue weighted by Gasteiger charge is -2.30. The molecule has 1 atom stereocenters. The normalized spacial score (nSPS) is 21.2. The van der Waals surface area contributed by atoms with Gasteiger partial charge < -0.3 is 10.2 Å². The highest BCUT2D eigenvalue weighted by Gasteiger charge is 2.19. The number of halogens is 1. The number of carbonyl (C=O) groups is 1. The SMILES string of the molecule is CN1CCCC(NC(=O)c2cccc(Br)n2)C1. The molecular formula is C12H16BrN3O. The molecule has 1 aliphatic heterocycles.